The highest BCUT2D eigenvalue weighted by Gasteiger charge is 2.74. The molecule has 8 heteroatoms. The van der Waals surface area contributed by atoms with Crippen LogP contribution in [-0.4, -0.2) is 29.0 Å². The fourth-order valence-electron chi connectivity index (χ4n) is 5.45. The molecule has 1 spiro atoms. The molecule has 1 aliphatic carbocycles. The summed E-state index contributed by atoms with van der Waals surface area (Å²) in [7, 11) is 0. The van der Waals surface area contributed by atoms with E-state index in [0.29, 0.717) is 5.56 Å². The van der Waals surface area contributed by atoms with Crippen LogP contribution in [0.5, 0.6) is 0 Å². The van der Waals surface area contributed by atoms with Crippen LogP contribution < -0.4 is 4.90 Å². The SMILES string of the molecule is Cc1ccc([C@H]2OC3(C(=O)c4ccccc4C3=O)[C@@H]3C(=O)N(c4ccc(Cl)c(Cl)c4)C(=O)[C@@H]23)cc1. The van der Waals surface area contributed by atoms with Crippen molar-refractivity contribution in [3.05, 3.63) is 99.0 Å². The van der Waals surface area contributed by atoms with E-state index >= 15 is 0 Å². The number of hydrogen-bond donors (Lipinski definition) is 0. The van der Waals surface area contributed by atoms with Crippen LogP contribution in [0.25, 0.3) is 0 Å². The van der Waals surface area contributed by atoms with Gasteiger partial charge in [-0.1, -0.05) is 77.3 Å². The molecule has 2 fully saturated rings. The van der Waals surface area contributed by atoms with Gasteiger partial charge in [-0.2, -0.15) is 0 Å². The number of amides is 2. The number of halogens is 2. The smallest absolute Gasteiger partial charge is 0.241 e. The minimum absolute atomic E-state index is 0.170. The molecule has 2 heterocycles. The van der Waals surface area contributed by atoms with Gasteiger partial charge in [-0.15, -0.1) is 0 Å². The molecular formula is C27H17Cl2NO5. The number of benzene rings is 3. The third kappa shape index (κ3) is 2.88. The van der Waals surface area contributed by atoms with E-state index in [1.54, 1.807) is 36.4 Å². The summed E-state index contributed by atoms with van der Waals surface area (Å²) in [6.45, 7) is 1.92. The van der Waals surface area contributed by atoms with E-state index in [1.807, 2.05) is 19.1 Å². The number of Topliss-reactive ketones (excluding diaryl/α,β-unsaturated/α-hetero) is 2. The monoisotopic (exact) mass is 505 g/mol. The summed E-state index contributed by atoms with van der Waals surface area (Å²) in [4.78, 5) is 56.1. The quantitative estimate of drug-likeness (QED) is 0.361. The molecule has 2 amide bonds. The molecule has 3 atom stereocenters. The van der Waals surface area contributed by atoms with Gasteiger partial charge in [0.2, 0.25) is 29.0 Å². The molecule has 35 heavy (non-hydrogen) atoms. The largest absolute Gasteiger partial charge is 0.349 e. The van der Waals surface area contributed by atoms with Crippen molar-refractivity contribution < 1.29 is 23.9 Å². The standard InChI is InChI=1S/C27H17Cl2NO5/c1-13-6-8-14(9-7-13)22-20-21(26(34)30(25(20)33)15-10-11-18(28)19(29)12-15)27(35-22)23(31)16-4-2-3-5-17(16)24(27)32/h2-12,20-22H,1H3/t20-,21+,22-/m1/s1. The van der Waals surface area contributed by atoms with E-state index in [9.17, 15) is 19.2 Å². The van der Waals surface area contributed by atoms with Crippen molar-refractivity contribution in [1.82, 2.24) is 0 Å². The summed E-state index contributed by atoms with van der Waals surface area (Å²) in [5.41, 5.74) is 0.0858. The first-order valence-electron chi connectivity index (χ1n) is 11.0. The van der Waals surface area contributed by atoms with Gasteiger partial charge in [-0.05, 0) is 30.7 Å². The topological polar surface area (TPSA) is 80.8 Å². The number of anilines is 1. The Kier molecular flexibility index (Phi) is 4.81. The van der Waals surface area contributed by atoms with Gasteiger partial charge >= 0.3 is 0 Å². The number of carbonyl (C=O) groups is 4. The molecule has 174 valence electrons. The number of fused-ring (bicyclic) bond motifs is 3. The van der Waals surface area contributed by atoms with E-state index in [4.69, 9.17) is 27.9 Å². The third-order valence-electron chi connectivity index (χ3n) is 7.09. The van der Waals surface area contributed by atoms with Crippen LogP contribution in [0.3, 0.4) is 0 Å². The summed E-state index contributed by atoms with van der Waals surface area (Å²) in [5.74, 6) is -4.82. The Balaban J connectivity index is 1.54. The molecule has 0 saturated carbocycles. The van der Waals surface area contributed by atoms with E-state index in [1.165, 1.54) is 18.2 Å². The number of imide groups is 1. The maximum atomic E-state index is 13.9. The Morgan fingerprint density at radius 1 is 0.800 bits per heavy atom. The van der Waals surface area contributed by atoms with Gasteiger partial charge in [0.05, 0.1) is 33.7 Å². The zero-order chi connectivity index (χ0) is 24.6. The van der Waals surface area contributed by atoms with Crippen LogP contribution >= 0.6 is 23.2 Å². The number of rotatable bonds is 2. The van der Waals surface area contributed by atoms with Gasteiger partial charge in [-0.25, -0.2) is 4.90 Å². The van der Waals surface area contributed by atoms with Gasteiger partial charge < -0.3 is 4.74 Å². The van der Waals surface area contributed by atoms with Crippen LogP contribution in [-0.2, 0) is 14.3 Å². The van der Waals surface area contributed by atoms with E-state index < -0.39 is 46.9 Å². The molecule has 2 saturated heterocycles. The summed E-state index contributed by atoms with van der Waals surface area (Å²) in [5, 5.41) is 0.437. The van der Waals surface area contributed by atoms with E-state index in [2.05, 4.69) is 0 Å². The number of ether oxygens (including phenoxy) is 1. The van der Waals surface area contributed by atoms with Crippen molar-refractivity contribution in [3.8, 4) is 0 Å². The Morgan fingerprint density at radius 2 is 1.43 bits per heavy atom. The second-order valence-corrected chi connectivity index (χ2v) is 9.82. The highest BCUT2D eigenvalue weighted by Crippen LogP contribution is 2.57. The number of ketones is 2. The number of hydrogen-bond acceptors (Lipinski definition) is 5. The maximum absolute atomic E-state index is 13.9. The average Bonchev–Trinajstić information content (AvgIpc) is 3.41. The van der Waals surface area contributed by atoms with Crippen LogP contribution in [0, 0.1) is 18.8 Å². The molecule has 0 N–H and O–H groups in total. The predicted octanol–water partition coefficient (Wildman–Crippen LogP) is 5.00. The summed E-state index contributed by atoms with van der Waals surface area (Å²) in [6, 6.07) is 18.1. The van der Waals surface area contributed by atoms with Gasteiger partial charge in [0.15, 0.2) is 0 Å². The molecule has 6 rings (SSSR count). The molecule has 3 aromatic rings. The van der Waals surface area contributed by atoms with Crippen LogP contribution in [0.2, 0.25) is 10.0 Å². The molecule has 6 nitrogen and oxygen atoms in total. The Labute approximate surface area is 210 Å². The average molecular weight is 506 g/mol. The van der Waals surface area contributed by atoms with Crippen molar-refractivity contribution in [3.63, 3.8) is 0 Å². The van der Waals surface area contributed by atoms with Crippen molar-refractivity contribution in [2.75, 3.05) is 4.90 Å². The van der Waals surface area contributed by atoms with E-state index in [0.717, 1.165) is 10.5 Å². The fraction of sp³-hybridized carbons (Fsp3) is 0.185. The van der Waals surface area contributed by atoms with Gasteiger partial charge in [0, 0.05) is 11.1 Å². The molecular weight excluding hydrogens is 489 g/mol. The van der Waals surface area contributed by atoms with Crippen LogP contribution in [0.1, 0.15) is 37.9 Å². The van der Waals surface area contributed by atoms with Crippen LogP contribution in [0.15, 0.2) is 66.7 Å². The van der Waals surface area contributed by atoms with E-state index in [-0.39, 0.29) is 26.9 Å². The van der Waals surface area contributed by atoms with Crippen LogP contribution in [0.4, 0.5) is 5.69 Å². The zero-order valence-electron chi connectivity index (χ0n) is 18.3. The van der Waals surface area contributed by atoms with Crippen molar-refractivity contribution in [2.24, 2.45) is 11.8 Å². The number of aryl methyl sites for hydroxylation is 1. The number of nitrogens with zero attached hydrogens (tertiary/aromatic N) is 1. The Morgan fingerprint density at radius 3 is 2.03 bits per heavy atom. The summed E-state index contributed by atoms with van der Waals surface area (Å²) >= 11 is 12.2. The maximum Gasteiger partial charge on any atom is 0.241 e. The predicted molar refractivity (Wildman–Crippen MR) is 129 cm³/mol. The first-order chi connectivity index (χ1) is 16.8. The summed E-state index contributed by atoms with van der Waals surface area (Å²) < 4.78 is 6.26. The minimum Gasteiger partial charge on any atom is -0.349 e. The lowest BCUT2D eigenvalue weighted by Gasteiger charge is -2.27. The lowest BCUT2D eigenvalue weighted by atomic mass is 9.77. The first kappa shape index (κ1) is 22.2. The van der Waals surface area contributed by atoms with Gasteiger partial charge in [0.25, 0.3) is 0 Å². The highest BCUT2D eigenvalue weighted by molar-refractivity contribution is 6.42. The Hall–Kier alpha value is -3.32. The fourth-order valence-corrected chi connectivity index (χ4v) is 5.75. The molecule has 0 bridgehead atoms. The zero-order valence-corrected chi connectivity index (χ0v) is 19.8. The highest BCUT2D eigenvalue weighted by atomic mass is 35.5. The first-order valence-corrected chi connectivity index (χ1v) is 11.8. The lowest BCUT2D eigenvalue weighted by Crippen LogP contribution is -2.51. The van der Waals surface area contributed by atoms with Crippen molar-refractivity contribution >= 4 is 52.3 Å². The normalized spacial score (nSPS) is 24.4. The lowest BCUT2D eigenvalue weighted by molar-refractivity contribution is -0.127. The molecule has 0 aromatic heterocycles. The molecule has 3 aliphatic rings. The summed E-state index contributed by atoms with van der Waals surface area (Å²) in [6.07, 6.45) is -0.966. The second kappa shape index (κ2) is 7.59. The van der Waals surface area contributed by atoms with Gasteiger partial charge in [0.1, 0.15) is 0 Å². The molecule has 0 radical (unpaired) electrons. The van der Waals surface area contributed by atoms with Crippen molar-refractivity contribution in [1.29, 1.82) is 0 Å². The Bertz CT molecular complexity index is 1430. The number of carbonyl (C=O) groups excluding carboxylic acids is 4. The van der Waals surface area contributed by atoms with Gasteiger partial charge in [-0.3, -0.25) is 19.2 Å². The molecule has 3 aromatic carbocycles. The second-order valence-electron chi connectivity index (χ2n) is 9.00. The molecule has 0 unspecified atom stereocenters. The third-order valence-corrected chi connectivity index (χ3v) is 7.83. The minimum atomic E-state index is -2.11. The van der Waals surface area contributed by atoms with Crippen molar-refractivity contribution in [2.45, 2.75) is 18.6 Å². The molecule has 2 aliphatic heterocycles.